The maximum atomic E-state index is 10.1. The molecular formula is C10H11NO2S. The molecule has 0 bridgehead atoms. The Morgan fingerprint density at radius 3 is 3.00 bits per heavy atom. The van der Waals surface area contributed by atoms with E-state index in [2.05, 4.69) is 0 Å². The highest BCUT2D eigenvalue weighted by Gasteiger charge is 1.92. The van der Waals surface area contributed by atoms with Crippen molar-refractivity contribution in [3.63, 3.8) is 0 Å². The number of nitrogens with two attached hydrogens (primary N) is 1. The molecule has 0 radical (unpaired) electrons. The maximum Gasteiger partial charge on any atom is 0.328 e. The van der Waals surface area contributed by atoms with Crippen LogP contribution in [0.2, 0.25) is 0 Å². The molecule has 0 fully saturated rings. The standard InChI is InChI=1S/C10H11NO2S/c11-8-3-1-4-9(7-8)14-6-2-5-10(12)13/h1-5,7H,6,11H2,(H,12,13). The molecule has 1 rings (SSSR count). The second kappa shape index (κ2) is 5.34. The van der Waals surface area contributed by atoms with Crippen molar-refractivity contribution in [3.05, 3.63) is 36.4 Å². The Morgan fingerprint density at radius 1 is 1.57 bits per heavy atom. The lowest BCUT2D eigenvalue weighted by Gasteiger charge is -1.98. The molecule has 3 N–H and O–H groups in total. The molecule has 3 nitrogen and oxygen atoms in total. The number of carboxylic acid groups (broad SMARTS) is 1. The molecule has 0 unspecified atom stereocenters. The summed E-state index contributed by atoms with van der Waals surface area (Å²) in [5, 5.41) is 8.34. The van der Waals surface area contributed by atoms with Crippen LogP contribution in [-0.2, 0) is 4.79 Å². The highest BCUT2D eigenvalue weighted by molar-refractivity contribution is 7.99. The summed E-state index contributed by atoms with van der Waals surface area (Å²) in [5.74, 6) is -0.284. The Labute approximate surface area is 86.6 Å². The number of carbonyl (C=O) groups is 1. The van der Waals surface area contributed by atoms with E-state index in [1.165, 1.54) is 0 Å². The number of benzene rings is 1. The molecule has 4 heteroatoms. The smallest absolute Gasteiger partial charge is 0.328 e. The van der Waals surface area contributed by atoms with Gasteiger partial charge in [-0.1, -0.05) is 12.1 Å². The Kier molecular flexibility index (Phi) is 4.07. The lowest BCUT2D eigenvalue weighted by atomic mass is 10.3. The van der Waals surface area contributed by atoms with Gasteiger partial charge in [0.1, 0.15) is 0 Å². The van der Waals surface area contributed by atoms with Gasteiger partial charge in [-0.3, -0.25) is 0 Å². The topological polar surface area (TPSA) is 63.3 Å². The van der Waals surface area contributed by atoms with Crippen molar-refractivity contribution in [2.75, 3.05) is 11.5 Å². The first-order valence-corrected chi connectivity index (χ1v) is 5.05. The van der Waals surface area contributed by atoms with E-state index in [1.54, 1.807) is 17.8 Å². The van der Waals surface area contributed by atoms with Crippen LogP contribution in [0.25, 0.3) is 0 Å². The Balaban J connectivity index is 2.42. The number of thioether (sulfide) groups is 1. The summed E-state index contributed by atoms with van der Waals surface area (Å²) in [5.41, 5.74) is 6.31. The van der Waals surface area contributed by atoms with E-state index in [0.29, 0.717) is 5.75 Å². The summed E-state index contributed by atoms with van der Waals surface area (Å²) in [6, 6.07) is 7.49. The predicted molar refractivity (Wildman–Crippen MR) is 58.4 cm³/mol. The highest BCUT2D eigenvalue weighted by atomic mass is 32.2. The van der Waals surface area contributed by atoms with Gasteiger partial charge in [-0.05, 0) is 18.2 Å². The molecular weight excluding hydrogens is 198 g/mol. The number of hydrogen-bond acceptors (Lipinski definition) is 3. The summed E-state index contributed by atoms with van der Waals surface area (Å²) >= 11 is 1.55. The van der Waals surface area contributed by atoms with Crippen LogP contribution in [0, 0.1) is 0 Å². The fourth-order valence-electron chi connectivity index (χ4n) is 0.898. The lowest BCUT2D eigenvalue weighted by Crippen LogP contribution is -1.87. The minimum Gasteiger partial charge on any atom is -0.478 e. The zero-order chi connectivity index (χ0) is 10.4. The molecule has 0 aliphatic rings. The van der Waals surface area contributed by atoms with Crippen LogP contribution in [0.15, 0.2) is 41.3 Å². The molecule has 0 atom stereocenters. The van der Waals surface area contributed by atoms with Gasteiger partial charge in [0.15, 0.2) is 0 Å². The molecule has 0 heterocycles. The summed E-state index contributed by atoms with van der Waals surface area (Å²) in [4.78, 5) is 11.2. The van der Waals surface area contributed by atoms with E-state index in [9.17, 15) is 4.79 Å². The third-order valence-electron chi connectivity index (χ3n) is 1.46. The summed E-state index contributed by atoms with van der Waals surface area (Å²) in [6.45, 7) is 0. The van der Waals surface area contributed by atoms with Crippen molar-refractivity contribution in [2.24, 2.45) is 0 Å². The van der Waals surface area contributed by atoms with Gasteiger partial charge in [-0.2, -0.15) is 0 Å². The van der Waals surface area contributed by atoms with Crippen molar-refractivity contribution in [3.8, 4) is 0 Å². The first-order valence-electron chi connectivity index (χ1n) is 4.06. The van der Waals surface area contributed by atoms with Crippen LogP contribution in [0.1, 0.15) is 0 Å². The fourth-order valence-corrected chi connectivity index (χ4v) is 1.68. The van der Waals surface area contributed by atoms with Crippen molar-refractivity contribution < 1.29 is 9.90 Å². The minimum atomic E-state index is -0.918. The second-order valence-electron chi connectivity index (χ2n) is 2.62. The Bertz CT molecular complexity index is 350. The van der Waals surface area contributed by atoms with Gasteiger partial charge in [0.25, 0.3) is 0 Å². The van der Waals surface area contributed by atoms with Crippen molar-refractivity contribution >= 4 is 23.4 Å². The van der Waals surface area contributed by atoms with Gasteiger partial charge in [0.2, 0.25) is 0 Å². The van der Waals surface area contributed by atoms with E-state index in [-0.39, 0.29) is 0 Å². The Morgan fingerprint density at radius 2 is 2.36 bits per heavy atom. The van der Waals surface area contributed by atoms with Crippen LogP contribution in [0.4, 0.5) is 5.69 Å². The Hall–Kier alpha value is -1.42. The van der Waals surface area contributed by atoms with Crippen LogP contribution in [-0.4, -0.2) is 16.8 Å². The number of hydrogen-bond donors (Lipinski definition) is 2. The van der Waals surface area contributed by atoms with Crippen molar-refractivity contribution in [1.82, 2.24) is 0 Å². The largest absolute Gasteiger partial charge is 0.478 e. The summed E-state index contributed by atoms with van der Waals surface area (Å²) in [7, 11) is 0. The van der Waals surface area contributed by atoms with Crippen LogP contribution >= 0.6 is 11.8 Å². The molecule has 0 aliphatic carbocycles. The second-order valence-corrected chi connectivity index (χ2v) is 3.72. The van der Waals surface area contributed by atoms with Gasteiger partial charge in [0, 0.05) is 22.4 Å². The third kappa shape index (κ3) is 4.00. The van der Waals surface area contributed by atoms with Gasteiger partial charge >= 0.3 is 5.97 Å². The number of nitrogen functional groups attached to an aromatic ring is 1. The van der Waals surface area contributed by atoms with E-state index in [1.807, 2.05) is 24.3 Å². The molecule has 1 aromatic rings. The monoisotopic (exact) mass is 209 g/mol. The molecule has 14 heavy (non-hydrogen) atoms. The van der Waals surface area contributed by atoms with Crippen LogP contribution in [0.5, 0.6) is 0 Å². The molecule has 1 aromatic carbocycles. The predicted octanol–water partition coefficient (Wildman–Crippen LogP) is 2.00. The first-order chi connectivity index (χ1) is 6.68. The summed E-state index contributed by atoms with van der Waals surface area (Å²) < 4.78 is 0. The van der Waals surface area contributed by atoms with E-state index < -0.39 is 5.97 Å². The van der Waals surface area contributed by atoms with Gasteiger partial charge in [0.05, 0.1) is 0 Å². The number of carboxylic acids is 1. The molecule has 0 aliphatic heterocycles. The highest BCUT2D eigenvalue weighted by Crippen LogP contribution is 2.19. The van der Waals surface area contributed by atoms with Gasteiger partial charge < -0.3 is 10.8 Å². The zero-order valence-electron chi connectivity index (χ0n) is 7.51. The molecule has 0 spiro atoms. The van der Waals surface area contributed by atoms with E-state index in [4.69, 9.17) is 10.8 Å². The van der Waals surface area contributed by atoms with Crippen molar-refractivity contribution in [2.45, 2.75) is 4.90 Å². The number of anilines is 1. The SMILES string of the molecule is Nc1cccc(SCC=CC(=O)O)c1. The average molecular weight is 209 g/mol. The quantitative estimate of drug-likeness (QED) is 0.452. The van der Waals surface area contributed by atoms with Crippen LogP contribution in [0.3, 0.4) is 0 Å². The average Bonchev–Trinajstić information content (AvgIpc) is 2.12. The third-order valence-corrected chi connectivity index (χ3v) is 2.41. The minimum absolute atomic E-state index is 0.635. The lowest BCUT2D eigenvalue weighted by molar-refractivity contribution is -0.131. The maximum absolute atomic E-state index is 10.1. The van der Waals surface area contributed by atoms with Crippen molar-refractivity contribution in [1.29, 1.82) is 0 Å². The van der Waals surface area contributed by atoms with Gasteiger partial charge in [-0.25, -0.2) is 4.79 Å². The van der Waals surface area contributed by atoms with E-state index >= 15 is 0 Å². The molecule has 0 saturated carbocycles. The fraction of sp³-hybridized carbons (Fsp3) is 0.100. The molecule has 0 amide bonds. The van der Waals surface area contributed by atoms with E-state index in [0.717, 1.165) is 16.7 Å². The summed E-state index contributed by atoms with van der Waals surface area (Å²) in [6.07, 6.45) is 2.75. The number of rotatable bonds is 4. The first kappa shape index (κ1) is 10.7. The van der Waals surface area contributed by atoms with Gasteiger partial charge in [-0.15, -0.1) is 11.8 Å². The van der Waals surface area contributed by atoms with Crippen LogP contribution < -0.4 is 5.73 Å². The molecule has 0 saturated heterocycles. The number of aliphatic carboxylic acids is 1. The molecule has 0 aromatic heterocycles. The molecule has 74 valence electrons. The normalized spacial score (nSPS) is 10.6. The zero-order valence-corrected chi connectivity index (χ0v) is 8.33.